The average Bonchev–Trinajstić information content (AvgIpc) is 2.97. The zero-order valence-corrected chi connectivity index (χ0v) is 16.3. The SMILES string of the molecule is Cc1nc2scc(-c3ccc(C(C)(C)C)cc3)c2c(=O)n1CCC(N)=O. The summed E-state index contributed by atoms with van der Waals surface area (Å²) in [5, 5.41) is 2.58. The smallest absolute Gasteiger partial charge is 0.262 e. The highest BCUT2D eigenvalue weighted by Gasteiger charge is 2.17. The number of rotatable bonds is 4. The number of fused-ring (bicyclic) bond motifs is 1. The zero-order valence-electron chi connectivity index (χ0n) is 15.5. The molecule has 0 unspecified atom stereocenters. The fourth-order valence-electron chi connectivity index (χ4n) is 2.97. The molecule has 1 amide bonds. The number of hydrogen-bond donors (Lipinski definition) is 1. The van der Waals surface area contributed by atoms with Crippen LogP contribution in [0.2, 0.25) is 0 Å². The first kappa shape index (κ1) is 18.3. The van der Waals surface area contributed by atoms with Crippen molar-refractivity contribution in [1.82, 2.24) is 9.55 Å². The van der Waals surface area contributed by atoms with Gasteiger partial charge in [-0.3, -0.25) is 14.2 Å². The van der Waals surface area contributed by atoms with Crippen molar-refractivity contribution in [2.75, 3.05) is 0 Å². The Bertz CT molecular complexity index is 1020. The fraction of sp³-hybridized carbons (Fsp3) is 0.350. The van der Waals surface area contributed by atoms with Gasteiger partial charge in [0, 0.05) is 23.9 Å². The summed E-state index contributed by atoms with van der Waals surface area (Å²) in [6.45, 7) is 8.55. The highest BCUT2D eigenvalue weighted by atomic mass is 32.1. The molecule has 26 heavy (non-hydrogen) atoms. The van der Waals surface area contributed by atoms with Crippen molar-refractivity contribution in [2.45, 2.75) is 46.1 Å². The molecule has 3 rings (SSSR count). The van der Waals surface area contributed by atoms with Gasteiger partial charge in [-0.25, -0.2) is 4.98 Å². The maximum absolute atomic E-state index is 13.0. The molecule has 2 heterocycles. The van der Waals surface area contributed by atoms with Gasteiger partial charge < -0.3 is 5.73 Å². The lowest BCUT2D eigenvalue weighted by Gasteiger charge is -2.19. The number of aryl methyl sites for hydroxylation is 1. The number of primary amides is 1. The standard InChI is InChI=1S/C20H23N3O2S/c1-12-22-18-17(19(25)23(12)10-9-16(21)24)15(11-26-18)13-5-7-14(8-6-13)20(2,3)4/h5-8,11H,9-10H2,1-4H3,(H2,21,24). The minimum Gasteiger partial charge on any atom is -0.370 e. The Morgan fingerprint density at radius 1 is 1.23 bits per heavy atom. The number of carbonyl (C=O) groups excluding carboxylic acids is 1. The molecule has 0 bridgehead atoms. The number of nitrogens with two attached hydrogens (primary N) is 1. The van der Waals surface area contributed by atoms with Crippen molar-refractivity contribution in [2.24, 2.45) is 5.73 Å². The second-order valence-electron chi connectivity index (χ2n) is 7.49. The van der Waals surface area contributed by atoms with Crippen LogP contribution in [0.15, 0.2) is 34.4 Å². The number of amides is 1. The van der Waals surface area contributed by atoms with Crippen molar-refractivity contribution in [1.29, 1.82) is 0 Å². The normalized spacial score (nSPS) is 11.8. The van der Waals surface area contributed by atoms with E-state index in [1.165, 1.54) is 21.5 Å². The van der Waals surface area contributed by atoms with E-state index in [4.69, 9.17) is 5.73 Å². The molecule has 0 atom stereocenters. The number of aromatic nitrogens is 2. The number of carbonyl (C=O) groups is 1. The highest BCUT2D eigenvalue weighted by Crippen LogP contribution is 2.32. The second kappa shape index (κ2) is 6.68. The van der Waals surface area contributed by atoms with Crippen LogP contribution >= 0.6 is 11.3 Å². The number of nitrogens with zero attached hydrogens (tertiary/aromatic N) is 2. The van der Waals surface area contributed by atoms with Gasteiger partial charge in [-0.2, -0.15) is 0 Å². The Morgan fingerprint density at radius 2 is 1.88 bits per heavy atom. The summed E-state index contributed by atoms with van der Waals surface area (Å²) >= 11 is 1.46. The lowest BCUT2D eigenvalue weighted by molar-refractivity contribution is -0.118. The maximum Gasteiger partial charge on any atom is 0.262 e. The first-order valence-electron chi connectivity index (χ1n) is 8.56. The van der Waals surface area contributed by atoms with Crippen LogP contribution in [-0.4, -0.2) is 15.5 Å². The van der Waals surface area contributed by atoms with Crippen molar-refractivity contribution >= 4 is 27.5 Å². The van der Waals surface area contributed by atoms with E-state index in [0.29, 0.717) is 11.2 Å². The van der Waals surface area contributed by atoms with Gasteiger partial charge in [0.2, 0.25) is 5.91 Å². The molecule has 0 aliphatic heterocycles. The van der Waals surface area contributed by atoms with Crippen LogP contribution in [0.3, 0.4) is 0 Å². The van der Waals surface area contributed by atoms with Crippen LogP contribution in [0.1, 0.15) is 38.6 Å². The maximum atomic E-state index is 13.0. The van der Waals surface area contributed by atoms with E-state index in [1.807, 2.05) is 5.38 Å². The van der Waals surface area contributed by atoms with E-state index < -0.39 is 5.91 Å². The summed E-state index contributed by atoms with van der Waals surface area (Å²) in [6, 6.07) is 8.31. The van der Waals surface area contributed by atoms with Gasteiger partial charge in [0.15, 0.2) is 0 Å². The van der Waals surface area contributed by atoms with Crippen molar-refractivity contribution in [3.05, 3.63) is 51.4 Å². The molecule has 136 valence electrons. The van der Waals surface area contributed by atoms with Gasteiger partial charge >= 0.3 is 0 Å². The summed E-state index contributed by atoms with van der Waals surface area (Å²) < 4.78 is 1.53. The average molecular weight is 369 g/mol. The molecular weight excluding hydrogens is 346 g/mol. The zero-order chi connectivity index (χ0) is 19.1. The summed E-state index contributed by atoms with van der Waals surface area (Å²) in [5.74, 6) is 0.167. The highest BCUT2D eigenvalue weighted by molar-refractivity contribution is 7.17. The van der Waals surface area contributed by atoms with Crippen LogP contribution in [0.5, 0.6) is 0 Å². The minimum atomic E-state index is -0.431. The first-order chi connectivity index (χ1) is 12.2. The van der Waals surface area contributed by atoms with E-state index in [0.717, 1.165) is 16.0 Å². The van der Waals surface area contributed by atoms with Crippen LogP contribution in [0.25, 0.3) is 21.3 Å². The predicted molar refractivity (Wildman–Crippen MR) is 107 cm³/mol. The molecule has 0 fully saturated rings. The molecule has 1 aromatic carbocycles. The van der Waals surface area contributed by atoms with Crippen molar-refractivity contribution in [3.63, 3.8) is 0 Å². The molecule has 0 aliphatic carbocycles. The third-order valence-electron chi connectivity index (χ3n) is 4.53. The molecule has 2 aromatic heterocycles. The molecule has 3 aromatic rings. The molecular formula is C20H23N3O2S. The van der Waals surface area contributed by atoms with E-state index in [-0.39, 0.29) is 23.9 Å². The van der Waals surface area contributed by atoms with Gasteiger partial charge in [0.1, 0.15) is 10.7 Å². The Balaban J connectivity index is 2.11. The van der Waals surface area contributed by atoms with Crippen LogP contribution in [-0.2, 0) is 16.8 Å². The van der Waals surface area contributed by atoms with Gasteiger partial charge in [0.25, 0.3) is 5.56 Å². The Hall–Kier alpha value is -2.47. The summed E-state index contributed by atoms with van der Waals surface area (Å²) in [6.07, 6.45) is 0.119. The fourth-order valence-corrected chi connectivity index (χ4v) is 3.96. The largest absolute Gasteiger partial charge is 0.370 e. The van der Waals surface area contributed by atoms with E-state index in [2.05, 4.69) is 50.0 Å². The topological polar surface area (TPSA) is 78.0 Å². The van der Waals surface area contributed by atoms with Crippen LogP contribution in [0, 0.1) is 6.92 Å². The quantitative estimate of drug-likeness (QED) is 0.763. The Kier molecular flexibility index (Phi) is 4.71. The van der Waals surface area contributed by atoms with Gasteiger partial charge in [0.05, 0.1) is 5.39 Å². The monoisotopic (exact) mass is 369 g/mol. The summed E-state index contributed by atoms with van der Waals surface area (Å²) in [5.41, 5.74) is 8.31. The molecule has 0 saturated carbocycles. The lowest BCUT2D eigenvalue weighted by atomic mass is 9.86. The number of hydrogen-bond acceptors (Lipinski definition) is 4. The van der Waals surface area contributed by atoms with E-state index in [9.17, 15) is 9.59 Å². The number of benzene rings is 1. The van der Waals surface area contributed by atoms with Crippen LogP contribution in [0.4, 0.5) is 0 Å². The lowest BCUT2D eigenvalue weighted by Crippen LogP contribution is -2.26. The van der Waals surface area contributed by atoms with Crippen molar-refractivity contribution in [3.8, 4) is 11.1 Å². The summed E-state index contributed by atoms with van der Waals surface area (Å²) in [7, 11) is 0. The molecule has 0 spiro atoms. The molecule has 0 radical (unpaired) electrons. The summed E-state index contributed by atoms with van der Waals surface area (Å²) in [4.78, 5) is 29.4. The predicted octanol–water partition coefficient (Wildman–Crippen LogP) is 3.61. The molecule has 2 N–H and O–H groups in total. The first-order valence-corrected chi connectivity index (χ1v) is 9.44. The molecule has 5 nitrogen and oxygen atoms in total. The minimum absolute atomic E-state index is 0.0788. The third-order valence-corrected chi connectivity index (χ3v) is 5.40. The molecule has 6 heteroatoms. The van der Waals surface area contributed by atoms with Gasteiger partial charge in [-0.15, -0.1) is 11.3 Å². The van der Waals surface area contributed by atoms with E-state index in [1.54, 1.807) is 6.92 Å². The Morgan fingerprint density at radius 3 is 2.46 bits per heavy atom. The molecule has 0 aliphatic rings. The molecule has 0 saturated heterocycles. The Labute approximate surface area is 156 Å². The second-order valence-corrected chi connectivity index (χ2v) is 8.35. The van der Waals surface area contributed by atoms with Crippen molar-refractivity contribution < 1.29 is 4.79 Å². The third kappa shape index (κ3) is 3.42. The van der Waals surface area contributed by atoms with E-state index >= 15 is 0 Å². The number of thiophene rings is 1. The van der Waals surface area contributed by atoms with Gasteiger partial charge in [-0.1, -0.05) is 45.0 Å². The van der Waals surface area contributed by atoms with Gasteiger partial charge in [-0.05, 0) is 23.5 Å². The van der Waals surface area contributed by atoms with Crippen LogP contribution < -0.4 is 11.3 Å².